The third kappa shape index (κ3) is 4.92. The molecule has 0 aromatic heterocycles. The summed E-state index contributed by atoms with van der Waals surface area (Å²) in [6, 6.07) is 14.1. The van der Waals surface area contributed by atoms with E-state index in [0.717, 1.165) is 22.3 Å². The number of benzene rings is 2. The Balaban J connectivity index is 1.44. The van der Waals surface area contributed by atoms with E-state index in [2.05, 4.69) is 17.4 Å². The molecule has 2 aromatic carbocycles. The van der Waals surface area contributed by atoms with Gasteiger partial charge in [-0.1, -0.05) is 48.5 Å². The number of alkyl carbamates (subject to hydrolysis) is 1. The molecule has 2 amide bonds. The highest BCUT2D eigenvalue weighted by Gasteiger charge is 2.41. The van der Waals surface area contributed by atoms with Crippen LogP contribution in [0.3, 0.4) is 0 Å². The highest BCUT2D eigenvalue weighted by molar-refractivity contribution is 5.90. The fourth-order valence-corrected chi connectivity index (χ4v) is 4.40. The Kier molecular flexibility index (Phi) is 6.61. The monoisotopic (exact) mass is 466 g/mol. The summed E-state index contributed by atoms with van der Waals surface area (Å²) in [7, 11) is 0. The molecule has 1 unspecified atom stereocenters. The largest absolute Gasteiger partial charge is 0.480 e. The Hall–Kier alpha value is -3.39. The molecule has 0 bridgehead atoms. The molecule has 0 radical (unpaired) electrons. The van der Waals surface area contributed by atoms with Crippen LogP contribution < -0.4 is 5.32 Å². The number of amides is 2. The second-order valence-electron chi connectivity index (χ2n) is 9.62. The summed E-state index contributed by atoms with van der Waals surface area (Å²) in [5.41, 5.74) is 3.88. The minimum atomic E-state index is -1.06. The van der Waals surface area contributed by atoms with Gasteiger partial charge in [0.05, 0.1) is 12.2 Å². The van der Waals surface area contributed by atoms with E-state index < -0.39 is 35.7 Å². The molecular weight excluding hydrogens is 436 g/mol. The number of carbonyl (C=O) groups excluding carboxylic acids is 2. The Bertz CT molecular complexity index is 1050. The first-order chi connectivity index (χ1) is 16.2. The minimum absolute atomic E-state index is 0.0879. The van der Waals surface area contributed by atoms with E-state index in [1.807, 2.05) is 57.2 Å². The summed E-state index contributed by atoms with van der Waals surface area (Å²) >= 11 is 0. The molecule has 2 N–H and O–H groups in total. The van der Waals surface area contributed by atoms with Crippen LogP contribution in [0.4, 0.5) is 4.79 Å². The molecule has 1 fully saturated rings. The highest BCUT2D eigenvalue weighted by atomic mass is 16.5. The van der Waals surface area contributed by atoms with Crippen LogP contribution in [0.15, 0.2) is 48.5 Å². The van der Waals surface area contributed by atoms with E-state index in [4.69, 9.17) is 9.47 Å². The second-order valence-corrected chi connectivity index (χ2v) is 9.62. The van der Waals surface area contributed by atoms with Gasteiger partial charge in [-0.05, 0) is 49.4 Å². The van der Waals surface area contributed by atoms with Gasteiger partial charge in [0.15, 0.2) is 0 Å². The summed E-state index contributed by atoms with van der Waals surface area (Å²) in [5.74, 6) is -1.66. The first kappa shape index (κ1) is 23.8. The quantitative estimate of drug-likeness (QED) is 0.648. The molecule has 2 atom stereocenters. The normalized spacial score (nSPS) is 17.9. The molecule has 2 aliphatic rings. The summed E-state index contributed by atoms with van der Waals surface area (Å²) in [6.07, 6.45) is -0.357. The van der Waals surface area contributed by atoms with Crippen molar-refractivity contribution in [2.75, 3.05) is 19.8 Å². The number of nitrogens with one attached hydrogen (secondary N) is 1. The second kappa shape index (κ2) is 9.46. The van der Waals surface area contributed by atoms with Gasteiger partial charge in [-0.25, -0.2) is 9.59 Å². The molecule has 4 rings (SSSR count). The third-order valence-electron chi connectivity index (χ3n) is 6.20. The van der Waals surface area contributed by atoms with Crippen molar-refractivity contribution in [1.29, 1.82) is 0 Å². The zero-order valence-electron chi connectivity index (χ0n) is 19.6. The molecule has 8 nitrogen and oxygen atoms in total. The van der Waals surface area contributed by atoms with Crippen molar-refractivity contribution in [2.45, 2.75) is 50.8 Å². The molecule has 0 spiro atoms. The number of ether oxygens (including phenoxy) is 2. The van der Waals surface area contributed by atoms with Crippen LogP contribution in [0.1, 0.15) is 44.2 Å². The van der Waals surface area contributed by atoms with E-state index in [1.165, 1.54) is 4.90 Å². The Labute approximate surface area is 198 Å². The van der Waals surface area contributed by atoms with E-state index in [-0.39, 0.29) is 19.1 Å². The van der Waals surface area contributed by atoms with E-state index >= 15 is 0 Å². The van der Waals surface area contributed by atoms with Gasteiger partial charge in [0.25, 0.3) is 0 Å². The highest BCUT2D eigenvalue weighted by Crippen LogP contribution is 2.44. The van der Waals surface area contributed by atoms with E-state index in [0.29, 0.717) is 13.0 Å². The maximum Gasteiger partial charge on any atom is 0.407 e. The average Bonchev–Trinajstić information content (AvgIpc) is 3.07. The number of fused-ring (bicyclic) bond motifs is 3. The van der Waals surface area contributed by atoms with E-state index in [1.54, 1.807) is 0 Å². The van der Waals surface area contributed by atoms with Gasteiger partial charge in [0.2, 0.25) is 5.91 Å². The van der Waals surface area contributed by atoms with Crippen molar-refractivity contribution in [3.63, 3.8) is 0 Å². The maximum atomic E-state index is 13.0. The van der Waals surface area contributed by atoms with Crippen LogP contribution in [0.25, 0.3) is 11.1 Å². The lowest BCUT2D eigenvalue weighted by Gasteiger charge is -2.40. The fraction of sp³-hybridized carbons (Fsp3) is 0.423. The first-order valence-electron chi connectivity index (χ1n) is 11.4. The average molecular weight is 467 g/mol. The third-order valence-corrected chi connectivity index (χ3v) is 6.20. The topological polar surface area (TPSA) is 105 Å². The Morgan fingerprint density at radius 1 is 1.06 bits per heavy atom. The van der Waals surface area contributed by atoms with Crippen LogP contribution in [0.5, 0.6) is 0 Å². The van der Waals surface area contributed by atoms with Crippen molar-refractivity contribution in [3.8, 4) is 11.1 Å². The maximum absolute atomic E-state index is 13.0. The predicted molar refractivity (Wildman–Crippen MR) is 125 cm³/mol. The zero-order valence-corrected chi connectivity index (χ0v) is 19.6. The summed E-state index contributed by atoms with van der Waals surface area (Å²) in [4.78, 5) is 38.3. The predicted octanol–water partition coefficient (Wildman–Crippen LogP) is 3.39. The lowest BCUT2D eigenvalue weighted by Crippen LogP contribution is -2.61. The number of carbonyl (C=O) groups is 3. The van der Waals surface area contributed by atoms with Gasteiger partial charge in [-0.15, -0.1) is 0 Å². The number of rotatable bonds is 7. The fourth-order valence-electron chi connectivity index (χ4n) is 4.40. The molecule has 1 saturated heterocycles. The van der Waals surface area contributed by atoms with Gasteiger partial charge in [-0.2, -0.15) is 0 Å². The summed E-state index contributed by atoms with van der Waals surface area (Å²) in [5, 5.41) is 11.9. The van der Waals surface area contributed by atoms with Crippen molar-refractivity contribution < 1.29 is 29.0 Å². The lowest BCUT2D eigenvalue weighted by molar-refractivity contribution is -0.159. The molecule has 0 saturated carbocycles. The van der Waals surface area contributed by atoms with Crippen LogP contribution in [-0.4, -0.2) is 65.4 Å². The molecule has 8 heteroatoms. The molecule has 180 valence electrons. The molecule has 34 heavy (non-hydrogen) atoms. The SMILES string of the molecule is CC(C)(C)OC[C@H](NC(=O)OCC1c2ccccc2-c2ccccc21)C(=O)N1CCC1C(=O)O. The Morgan fingerprint density at radius 3 is 2.15 bits per heavy atom. The number of likely N-dealkylation sites (tertiary alicyclic amines) is 1. The van der Waals surface area contributed by atoms with Crippen molar-refractivity contribution in [3.05, 3.63) is 59.7 Å². The van der Waals surface area contributed by atoms with Gasteiger partial charge in [0.1, 0.15) is 18.7 Å². The minimum Gasteiger partial charge on any atom is -0.480 e. The van der Waals surface area contributed by atoms with Crippen molar-refractivity contribution >= 4 is 18.0 Å². The van der Waals surface area contributed by atoms with Crippen LogP contribution in [0, 0.1) is 0 Å². The molecule has 1 aliphatic heterocycles. The van der Waals surface area contributed by atoms with Crippen LogP contribution >= 0.6 is 0 Å². The summed E-state index contributed by atoms with van der Waals surface area (Å²) in [6.45, 7) is 5.87. The first-order valence-corrected chi connectivity index (χ1v) is 11.4. The number of carboxylic acids is 1. The zero-order chi connectivity index (χ0) is 24.5. The standard InChI is InChI=1S/C26H30N2O6/c1-26(2,3)34-15-21(23(29)28-13-12-22(28)24(30)31)27-25(32)33-14-20-18-10-6-4-8-16(18)17-9-5-7-11-19(17)20/h4-11,20-22H,12-15H2,1-3H3,(H,27,32)(H,30,31)/t21-,22?/m0/s1. The molecule has 1 aliphatic carbocycles. The number of carboxylic acid groups (broad SMARTS) is 1. The number of nitrogens with zero attached hydrogens (tertiary/aromatic N) is 1. The number of hydrogen-bond acceptors (Lipinski definition) is 5. The van der Waals surface area contributed by atoms with Gasteiger partial charge < -0.3 is 24.8 Å². The Morgan fingerprint density at radius 2 is 1.65 bits per heavy atom. The van der Waals surface area contributed by atoms with Crippen molar-refractivity contribution in [2.24, 2.45) is 0 Å². The van der Waals surface area contributed by atoms with E-state index in [9.17, 15) is 19.5 Å². The molecule has 2 aromatic rings. The van der Waals surface area contributed by atoms with Gasteiger partial charge in [-0.3, -0.25) is 4.79 Å². The van der Waals surface area contributed by atoms with Crippen molar-refractivity contribution in [1.82, 2.24) is 10.2 Å². The number of hydrogen-bond donors (Lipinski definition) is 2. The molecular formula is C26H30N2O6. The van der Waals surface area contributed by atoms with Crippen LogP contribution in [-0.2, 0) is 19.1 Å². The number of aliphatic carboxylic acids is 1. The summed E-state index contributed by atoms with van der Waals surface area (Å²) < 4.78 is 11.3. The lowest BCUT2D eigenvalue weighted by atomic mass is 9.98. The van der Waals surface area contributed by atoms with Crippen LogP contribution in [0.2, 0.25) is 0 Å². The molecule has 1 heterocycles. The smallest absolute Gasteiger partial charge is 0.407 e. The van der Waals surface area contributed by atoms with Gasteiger partial charge >= 0.3 is 12.1 Å². The van der Waals surface area contributed by atoms with Gasteiger partial charge in [0, 0.05) is 12.5 Å².